The number of rotatable bonds is 4. The molecule has 4 aromatic rings. The monoisotopic (exact) mass is 383 g/mol. The summed E-state index contributed by atoms with van der Waals surface area (Å²) in [6, 6.07) is 20.9. The number of aromatic nitrogens is 1. The van der Waals surface area contributed by atoms with Gasteiger partial charge in [-0.25, -0.2) is 4.79 Å². The molecular weight excluding hydrogens is 370 g/mol. The number of anilines is 1. The van der Waals surface area contributed by atoms with Crippen molar-refractivity contribution in [2.45, 2.75) is 0 Å². The first kappa shape index (κ1) is 17.9. The van der Waals surface area contributed by atoms with Gasteiger partial charge in [0.15, 0.2) is 11.3 Å². The highest BCUT2D eigenvalue weighted by Crippen LogP contribution is 2.27. The molecule has 0 spiro atoms. The number of carbonyl (C=O) groups is 2. The number of nitrogens with one attached hydrogen (secondary N) is 1. The second-order valence-electron chi connectivity index (χ2n) is 6.24. The number of amides is 1. The van der Waals surface area contributed by atoms with E-state index in [1.54, 1.807) is 12.1 Å². The van der Waals surface area contributed by atoms with Crippen LogP contribution in [0.5, 0.6) is 0 Å². The van der Waals surface area contributed by atoms with E-state index in [1.807, 2.05) is 42.5 Å². The van der Waals surface area contributed by atoms with Crippen molar-refractivity contribution < 1.29 is 19.2 Å². The van der Waals surface area contributed by atoms with E-state index in [4.69, 9.17) is 9.78 Å². The fraction of sp³-hybridized carbons (Fsp3) is 0. The largest absolute Gasteiger partial charge is 0.478 e. The Kier molecular flexibility index (Phi) is 4.51. The number of aromatic carboxylic acids is 1. The molecule has 0 unspecified atom stereocenters. The molecule has 3 aromatic carbocycles. The van der Waals surface area contributed by atoms with Crippen LogP contribution in [0.25, 0.3) is 22.1 Å². The first-order valence-electron chi connectivity index (χ1n) is 8.60. The Morgan fingerprint density at radius 1 is 1.00 bits per heavy atom. The van der Waals surface area contributed by atoms with Gasteiger partial charge in [0, 0.05) is 0 Å². The van der Waals surface area contributed by atoms with Gasteiger partial charge in [0.1, 0.15) is 0 Å². The lowest BCUT2D eigenvalue weighted by atomic mass is 10.0. The van der Waals surface area contributed by atoms with Crippen molar-refractivity contribution in [2.24, 2.45) is 0 Å². The summed E-state index contributed by atoms with van der Waals surface area (Å²) in [7, 11) is 0. The van der Waals surface area contributed by atoms with E-state index in [0.29, 0.717) is 11.0 Å². The summed E-state index contributed by atoms with van der Waals surface area (Å²) in [4.78, 5) is 24.3. The van der Waals surface area contributed by atoms with Gasteiger partial charge in [-0.15, -0.1) is 0 Å². The lowest BCUT2D eigenvalue weighted by Gasteiger charge is -2.08. The topological polar surface area (TPSA) is 116 Å². The third-order valence-corrected chi connectivity index (χ3v) is 4.42. The van der Waals surface area contributed by atoms with Crippen LogP contribution in [0.4, 0.5) is 5.69 Å². The Balaban J connectivity index is 1.71. The molecule has 0 aliphatic heterocycles. The molecule has 1 aromatic heterocycles. The minimum absolute atomic E-state index is 0.0403. The maximum atomic E-state index is 12.8. The molecular formula is C22H13N3O4. The van der Waals surface area contributed by atoms with E-state index < -0.39 is 11.9 Å². The van der Waals surface area contributed by atoms with Crippen molar-refractivity contribution in [3.05, 3.63) is 83.6 Å². The number of hydrogen-bond donors (Lipinski definition) is 2. The summed E-state index contributed by atoms with van der Waals surface area (Å²) in [5.74, 6) is -1.87. The van der Waals surface area contributed by atoms with Gasteiger partial charge in [0.25, 0.3) is 5.91 Å². The maximum Gasteiger partial charge on any atom is 0.337 e. The average molecular weight is 383 g/mol. The summed E-state index contributed by atoms with van der Waals surface area (Å²) >= 11 is 0. The van der Waals surface area contributed by atoms with Gasteiger partial charge in [-0.3, -0.25) is 4.79 Å². The molecule has 1 amide bonds. The zero-order valence-corrected chi connectivity index (χ0v) is 14.9. The van der Waals surface area contributed by atoms with Gasteiger partial charge in [-0.1, -0.05) is 41.6 Å². The number of carbonyl (C=O) groups excluding carboxylic acids is 1. The second kappa shape index (κ2) is 7.29. The molecule has 7 heteroatoms. The number of benzene rings is 3. The Morgan fingerprint density at radius 2 is 1.79 bits per heavy atom. The Labute approximate surface area is 164 Å². The summed E-state index contributed by atoms with van der Waals surface area (Å²) in [6.07, 6.45) is 0. The molecule has 0 atom stereocenters. The van der Waals surface area contributed by atoms with Crippen molar-refractivity contribution in [2.75, 3.05) is 5.32 Å². The van der Waals surface area contributed by atoms with Gasteiger partial charge in [-0.2, -0.15) is 5.26 Å². The van der Waals surface area contributed by atoms with Crippen LogP contribution >= 0.6 is 0 Å². The summed E-state index contributed by atoms with van der Waals surface area (Å²) in [5, 5.41) is 25.2. The van der Waals surface area contributed by atoms with Crippen molar-refractivity contribution in [1.82, 2.24) is 5.16 Å². The molecule has 0 saturated carbocycles. The Bertz CT molecular complexity index is 1290. The molecule has 4 rings (SSSR count). The number of nitrogens with zero attached hydrogens (tertiary/aromatic N) is 2. The molecule has 29 heavy (non-hydrogen) atoms. The van der Waals surface area contributed by atoms with Crippen LogP contribution in [0.15, 0.2) is 71.3 Å². The predicted molar refractivity (Wildman–Crippen MR) is 106 cm³/mol. The SMILES string of the molecule is N#Cc1ccc(NC(=O)c2noc3ccc(-c4ccccc4)cc23)c(C(=O)O)c1. The second-order valence-corrected chi connectivity index (χ2v) is 6.24. The van der Waals surface area contributed by atoms with Gasteiger partial charge in [0.2, 0.25) is 0 Å². The average Bonchev–Trinajstić information content (AvgIpc) is 3.18. The van der Waals surface area contributed by atoms with Gasteiger partial charge >= 0.3 is 5.97 Å². The predicted octanol–water partition coefficient (Wildman–Crippen LogP) is 4.32. The van der Waals surface area contributed by atoms with Crippen LogP contribution < -0.4 is 5.32 Å². The van der Waals surface area contributed by atoms with Crippen LogP contribution in [0.1, 0.15) is 26.4 Å². The van der Waals surface area contributed by atoms with E-state index in [9.17, 15) is 14.7 Å². The highest BCUT2D eigenvalue weighted by molar-refractivity contribution is 6.13. The van der Waals surface area contributed by atoms with Crippen LogP contribution in [0.3, 0.4) is 0 Å². The van der Waals surface area contributed by atoms with Crippen molar-refractivity contribution >= 4 is 28.5 Å². The number of fused-ring (bicyclic) bond motifs is 1. The number of nitriles is 1. The third-order valence-electron chi connectivity index (χ3n) is 4.42. The molecule has 0 saturated heterocycles. The fourth-order valence-corrected chi connectivity index (χ4v) is 2.99. The van der Waals surface area contributed by atoms with Gasteiger partial charge in [0.05, 0.1) is 28.3 Å². The highest BCUT2D eigenvalue weighted by atomic mass is 16.5. The maximum absolute atomic E-state index is 12.8. The minimum Gasteiger partial charge on any atom is -0.478 e. The van der Waals surface area contributed by atoms with Crippen LogP contribution in [-0.4, -0.2) is 22.1 Å². The van der Waals surface area contributed by atoms with Crippen LogP contribution in [-0.2, 0) is 0 Å². The molecule has 2 N–H and O–H groups in total. The number of carboxylic acids is 1. The van der Waals surface area contributed by atoms with Crippen molar-refractivity contribution in [1.29, 1.82) is 5.26 Å². The molecule has 0 bridgehead atoms. The number of carboxylic acid groups (broad SMARTS) is 1. The molecule has 140 valence electrons. The van der Waals surface area contributed by atoms with E-state index in [-0.39, 0.29) is 22.5 Å². The molecule has 0 fully saturated rings. The zero-order chi connectivity index (χ0) is 20.4. The van der Waals surface area contributed by atoms with E-state index >= 15 is 0 Å². The van der Waals surface area contributed by atoms with Crippen molar-refractivity contribution in [3.8, 4) is 17.2 Å². The molecule has 1 heterocycles. The molecule has 0 aliphatic carbocycles. The summed E-state index contributed by atoms with van der Waals surface area (Å²) < 4.78 is 5.24. The summed E-state index contributed by atoms with van der Waals surface area (Å²) in [6.45, 7) is 0. The fourth-order valence-electron chi connectivity index (χ4n) is 2.99. The molecule has 7 nitrogen and oxygen atoms in total. The molecule has 0 radical (unpaired) electrons. The standard InChI is InChI=1S/C22H13N3O4/c23-12-13-6-8-18(16(10-13)22(27)28)24-21(26)20-17-11-15(7-9-19(17)29-25-20)14-4-2-1-3-5-14/h1-11H,(H,24,26)(H,27,28). The number of hydrogen-bond acceptors (Lipinski definition) is 5. The first-order valence-corrected chi connectivity index (χ1v) is 8.60. The quantitative estimate of drug-likeness (QED) is 0.542. The molecule has 0 aliphatic rings. The van der Waals surface area contributed by atoms with E-state index in [0.717, 1.165) is 11.1 Å². The highest BCUT2D eigenvalue weighted by Gasteiger charge is 2.20. The van der Waals surface area contributed by atoms with Crippen molar-refractivity contribution in [3.63, 3.8) is 0 Å². The normalized spacial score (nSPS) is 10.4. The van der Waals surface area contributed by atoms with Gasteiger partial charge in [-0.05, 0) is 41.5 Å². The summed E-state index contributed by atoms with van der Waals surface area (Å²) in [5.41, 5.74) is 2.40. The van der Waals surface area contributed by atoms with Crippen LogP contribution in [0, 0.1) is 11.3 Å². The lowest BCUT2D eigenvalue weighted by molar-refractivity contribution is 0.0698. The van der Waals surface area contributed by atoms with Crippen LogP contribution in [0.2, 0.25) is 0 Å². The van der Waals surface area contributed by atoms with E-state index in [1.165, 1.54) is 18.2 Å². The Hall–Kier alpha value is -4.44. The smallest absolute Gasteiger partial charge is 0.337 e. The lowest BCUT2D eigenvalue weighted by Crippen LogP contribution is -2.15. The first-order chi connectivity index (χ1) is 14.1. The van der Waals surface area contributed by atoms with E-state index in [2.05, 4.69) is 10.5 Å². The zero-order valence-electron chi connectivity index (χ0n) is 14.9. The minimum atomic E-state index is -1.26. The van der Waals surface area contributed by atoms with Gasteiger partial charge < -0.3 is 14.9 Å². The third kappa shape index (κ3) is 3.42. The Morgan fingerprint density at radius 3 is 2.52 bits per heavy atom.